The normalized spacial score (nSPS) is 18.0. The largest absolute Gasteiger partial charge is 0.506 e. The van der Waals surface area contributed by atoms with Crippen LogP contribution in [-0.4, -0.2) is 36.3 Å². The quantitative estimate of drug-likeness (QED) is 0.801. The van der Waals surface area contributed by atoms with E-state index in [4.69, 9.17) is 0 Å². The van der Waals surface area contributed by atoms with Crippen LogP contribution in [0.4, 0.5) is 10.1 Å². The number of halogens is 1. The minimum Gasteiger partial charge on any atom is -0.506 e. The molecule has 1 atom stereocenters. The summed E-state index contributed by atoms with van der Waals surface area (Å²) in [6, 6.07) is 8.44. The zero-order valence-electron chi connectivity index (χ0n) is 14.1. The number of aryl methyl sites for hydroxylation is 1. The van der Waals surface area contributed by atoms with E-state index in [2.05, 4.69) is 5.32 Å². The number of hydrogen-bond donors (Lipinski definition) is 2. The van der Waals surface area contributed by atoms with Gasteiger partial charge in [0.15, 0.2) is 0 Å². The van der Waals surface area contributed by atoms with E-state index in [-0.39, 0.29) is 22.9 Å². The monoisotopic (exact) mass is 378 g/mol. The van der Waals surface area contributed by atoms with Gasteiger partial charge in [-0.2, -0.15) is 4.31 Å². The van der Waals surface area contributed by atoms with E-state index < -0.39 is 27.8 Å². The lowest BCUT2D eigenvalue weighted by atomic mass is 10.2. The third-order valence-corrected chi connectivity index (χ3v) is 6.26. The second-order valence-electron chi connectivity index (χ2n) is 6.24. The third-order valence-electron chi connectivity index (χ3n) is 4.34. The highest BCUT2D eigenvalue weighted by atomic mass is 32.2. The van der Waals surface area contributed by atoms with Gasteiger partial charge in [0.1, 0.15) is 17.6 Å². The van der Waals surface area contributed by atoms with E-state index in [1.165, 1.54) is 18.2 Å². The number of aromatic hydroxyl groups is 1. The first-order chi connectivity index (χ1) is 12.3. The van der Waals surface area contributed by atoms with Gasteiger partial charge in [0.25, 0.3) is 0 Å². The molecule has 2 aromatic carbocycles. The van der Waals surface area contributed by atoms with Crippen LogP contribution in [0.1, 0.15) is 18.4 Å². The zero-order chi connectivity index (χ0) is 18.9. The van der Waals surface area contributed by atoms with E-state index in [0.717, 1.165) is 22.0 Å². The van der Waals surface area contributed by atoms with Crippen LogP contribution in [0.3, 0.4) is 0 Å². The molecule has 1 heterocycles. The predicted octanol–water partition coefficient (Wildman–Crippen LogP) is 2.63. The Morgan fingerprint density at radius 1 is 1.23 bits per heavy atom. The molecule has 1 fully saturated rings. The van der Waals surface area contributed by atoms with E-state index in [0.29, 0.717) is 12.8 Å². The number of amides is 1. The average Bonchev–Trinajstić information content (AvgIpc) is 3.08. The Kier molecular flexibility index (Phi) is 4.97. The van der Waals surface area contributed by atoms with Crippen molar-refractivity contribution in [3.63, 3.8) is 0 Å². The number of benzene rings is 2. The van der Waals surface area contributed by atoms with Crippen LogP contribution >= 0.6 is 0 Å². The maximum atomic E-state index is 13.1. The molecule has 26 heavy (non-hydrogen) atoms. The Hall–Kier alpha value is -2.45. The van der Waals surface area contributed by atoms with Gasteiger partial charge in [0, 0.05) is 6.54 Å². The second-order valence-corrected chi connectivity index (χ2v) is 8.13. The Morgan fingerprint density at radius 3 is 2.58 bits per heavy atom. The van der Waals surface area contributed by atoms with Crippen LogP contribution < -0.4 is 5.32 Å². The molecule has 0 bridgehead atoms. The molecule has 0 aliphatic carbocycles. The number of anilines is 1. The van der Waals surface area contributed by atoms with Gasteiger partial charge in [0.05, 0.1) is 10.6 Å². The number of carbonyl (C=O) groups is 1. The molecule has 8 heteroatoms. The van der Waals surface area contributed by atoms with Crippen LogP contribution in [0.2, 0.25) is 0 Å². The fourth-order valence-electron chi connectivity index (χ4n) is 3.00. The molecule has 1 aliphatic rings. The van der Waals surface area contributed by atoms with Crippen molar-refractivity contribution < 1.29 is 22.7 Å². The fourth-order valence-corrected chi connectivity index (χ4v) is 4.65. The first kappa shape index (κ1) is 18.3. The first-order valence-corrected chi connectivity index (χ1v) is 9.61. The van der Waals surface area contributed by atoms with E-state index in [1.807, 2.05) is 0 Å². The van der Waals surface area contributed by atoms with Gasteiger partial charge in [-0.3, -0.25) is 4.79 Å². The minimum atomic E-state index is -3.92. The number of carbonyl (C=O) groups excluding carboxylic acids is 1. The number of phenols is 1. The van der Waals surface area contributed by atoms with Crippen molar-refractivity contribution in [2.75, 3.05) is 11.9 Å². The van der Waals surface area contributed by atoms with E-state index in [9.17, 15) is 22.7 Å². The minimum absolute atomic E-state index is 0.0585. The van der Waals surface area contributed by atoms with Crippen molar-refractivity contribution in [3.8, 4) is 5.75 Å². The van der Waals surface area contributed by atoms with Gasteiger partial charge in [-0.25, -0.2) is 12.8 Å². The van der Waals surface area contributed by atoms with Gasteiger partial charge in [-0.1, -0.05) is 6.07 Å². The number of hydrogen-bond acceptors (Lipinski definition) is 4. The molecular weight excluding hydrogens is 359 g/mol. The fraction of sp³-hybridized carbons (Fsp3) is 0.278. The molecule has 0 aromatic heterocycles. The Balaban J connectivity index is 1.83. The molecule has 2 N–H and O–H groups in total. The van der Waals surface area contributed by atoms with Crippen LogP contribution in [0.25, 0.3) is 0 Å². The SMILES string of the molecule is Cc1ccc(NC(=O)[C@H]2CCCN2S(=O)(=O)c2ccc(F)cc2)c(O)c1. The van der Waals surface area contributed by atoms with Crippen LogP contribution in [0.15, 0.2) is 47.4 Å². The number of nitrogens with one attached hydrogen (secondary N) is 1. The van der Waals surface area contributed by atoms with Crippen LogP contribution in [0.5, 0.6) is 5.75 Å². The molecule has 6 nitrogen and oxygen atoms in total. The lowest BCUT2D eigenvalue weighted by Crippen LogP contribution is -2.43. The van der Waals surface area contributed by atoms with Gasteiger partial charge >= 0.3 is 0 Å². The summed E-state index contributed by atoms with van der Waals surface area (Å²) in [4.78, 5) is 12.5. The zero-order valence-corrected chi connectivity index (χ0v) is 15.0. The number of nitrogens with zero attached hydrogens (tertiary/aromatic N) is 1. The lowest BCUT2D eigenvalue weighted by molar-refractivity contribution is -0.119. The summed E-state index contributed by atoms with van der Waals surface area (Å²) in [6.07, 6.45) is 0.914. The molecule has 2 aromatic rings. The van der Waals surface area contributed by atoms with Crippen molar-refractivity contribution in [3.05, 3.63) is 53.8 Å². The average molecular weight is 378 g/mol. The molecule has 1 amide bonds. The molecule has 0 spiro atoms. The summed E-state index contributed by atoms with van der Waals surface area (Å²) in [5.74, 6) is -1.12. The lowest BCUT2D eigenvalue weighted by Gasteiger charge is -2.23. The van der Waals surface area contributed by atoms with Gasteiger partial charge in [0.2, 0.25) is 15.9 Å². The molecule has 3 rings (SSSR count). The summed E-state index contributed by atoms with van der Waals surface area (Å²) in [5, 5.41) is 12.5. The Labute approximate surface area is 151 Å². The summed E-state index contributed by atoms with van der Waals surface area (Å²) < 4.78 is 39.8. The predicted molar refractivity (Wildman–Crippen MR) is 94.8 cm³/mol. The van der Waals surface area contributed by atoms with Crippen molar-refractivity contribution in [2.24, 2.45) is 0 Å². The topological polar surface area (TPSA) is 86.7 Å². The van der Waals surface area contributed by atoms with E-state index in [1.54, 1.807) is 19.1 Å². The molecule has 0 radical (unpaired) electrons. The highest BCUT2D eigenvalue weighted by Gasteiger charge is 2.39. The molecule has 1 saturated heterocycles. The molecule has 0 unspecified atom stereocenters. The van der Waals surface area contributed by atoms with Crippen molar-refractivity contribution in [2.45, 2.75) is 30.7 Å². The number of sulfonamides is 1. The second kappa shape index (κ2) is 7.05. The van der Waals surface area contributed by atoms with Crippen molar-refractivity contribution in [1.29, 1.82) is 0 Å². The number of rotatable bonds is 4. The third kappa shape index (κ3) is 3.56. The molecule has 1 aliphatic heterocycles. The summed E-state index contributed by atoms with van der Waals surface area (Å²) in [6.45, 7) is 2.01. The van der Waals surface area contributed by atoms with Crippen molar-refractivity contribution in [1.82, 2.24) is 4.31 Å². The van der Waals surface area contributed by atoms with Gasteiger partial charge in [-0.05, 0) is 61.7 Å². The molecular formula is C18H19FN2O4S. The van der Waals surface area contributed by atoms with Gasteiger partial charge in [-0.15, -0.1) is 0 Å². The van der Waals surface area contributed by atoms with E-state index >= 15 is 0 Å². The maximum Gasteiger partial charge on any atom is 0.243 e. The van der Waals surface area contributed by atoms with Crippen molar-refractivity contribution >= 4 is 21.6 Å². The van der Waals surface area contributed by atoms with Crippen LogP contribution in [0, 0.1) is 12.7 Å². The highest BCUT2D eigenvalue weighted by molar-refractivity contribution is 7.89. The first-order valence-electron chi connectivity index (χ1n) is 8.17. The van der Waals surface area contributed by atoms with Crippen LogP contribution in [-0.2, 0) is 14.8 Å². The standard InChI is InChI=1S/C18H19FN2O4S/c1-12-4-9-15(17(22)11-12)20-18(23)16-3-2-10-21(16)26(24,25)14-7-5-13(19)6-8-14/h4-9,11,16,22H,2-3,10H2,1H3,(H,20,23)/t16-/m1/s1. The number of phenolic OH excluding ortho intramolecular Hbond substituents is 1. The summed E-state index contributed by atoms with van der Waals surface area (Å²) in [7, 11) is -3.92. The van der Waals surface area contributed by atoms with Gasteiger partial charge < -0.3 is 10.4 Å². The molecule has 138 valence electrons. The maximum absolute atomic E-state index is 13.1. The summed E-state index contributed by atoms with van der Waals surface area (Å²) >= 11 is 0. The Morgan fingerprint density at radius 2 is 1.92 bits per heavy atom. The Bertz CT molecular complexity index is 929. The smallest absolute Gasteiger partial charge is 0.243 e. The highest BCUT2D eigenvalue weighted by Crippen LogP contribution is 2.29. The summed E-state index contributed by atoms with van der Waals surface area (Å²) in [5.41, 5.74) is 1.06. The molecule has 0 saturated carbocycles.